The summed E-state index contributed by atoms with van der Waals surface area (Å²) in [5.41, 5.74) is 7.80. The molecule has 0 fully saturated rings. The quantitative estimate of drug-likeness (QED) is 0.190. The summed E-state index contributed by atoms with van der Waals surface area (Å²) in [5.74, 6) is 0. The van der Waals surface area contributed by atoms with Gasteiger partial charge in [0.25, 0.3) is 0 Å². The predicted molar refractivity (Wildman–Crippen MR) is 195 cm³/mol. The summed E-state index contributed by atoms with van der Waals surface area (Å²) in [6.07, 6.45) is 0. The van der Waals surface area contributed by atoms with Gasteiger partial charge >= 0.3 is 0 Å². The number of nitrogens with zero attached hydrogens (tertiary/aromatic N) is 1. The van der Waals surface area contributed by atoms with Gasteiger partial charge < -0.3 is 0 Å². The number of hydrogen-bond donors (Lipinski definition) is 0. The van der Waals surface area contributed by atoms with Crippen LogP contribution in [0.4, 0.5) is 0 Å². The Morgan fingerprint density at radius 1 is 0.304 bits per heavy atom. The summed E-state index contributed by atoms with van der Waals surface area (Å²) in [5, 5.41) is 22.0. The smallest absolute Gasteiger partial charge is 0.0991 e. The number of fused-ring (bicyclic) bond motifs is 9. The van der Waals surface area contributed by atoms with E-state index in [1.807, 2.05) is 24.3 Å². The minimum Gasteiger partial charge on any atom is -0.192 e. The van der Waals surface area contributed by atoms with Crippen LogP contribution in [-0.2, 0) is 0 Å². The zero-order chi connectivity index (χ0) is 30.6. The standard InChI is InChI=1S/C45H27N/c46-28-29-17-19-30(20-18-29)31-21-23-32(24-22-31)33-25-26-40(35-10-2-1-9-34(33)35)43-27-44-38-13-4-3-11-36(38)37-12-5-7-15-41(37)45(44)42-16-8-6-14-39(42)43/h1-27H. The zero-order valence-electron chi connectivity index (χ0n) is 25.0. The highest BCUT2D eigenvalue weighted by Gasteiger charge is 2.17. The van der Waals surface area contributed by atoms with E-state index in [1.54, 1.807) is 0 Å². The summed E-state index contributed by atoms with van der Waals surface area (Å²) in [7, 11) is 0. The van der Waals surface area contributed by atoms with Crippen LogP contribution in [0.15, 0.2) is 164 Å². The summed E-state index contributed by atoms with van der Waals surface area (Å²) < 4.78 is 0. The van der Waals surface area contributed by atoms with Crippen LogP contribution in [0.2, 0.25) is 0 Å². The minimum atomic E-state index is 0.674. The molecule has 9 rings (SSSR count). The lowest BCUT2D eigenvalue weighted by molar-refractivity contribution is 1.48. The Bertz CT molecular complexity index is 2670. The summed E-state index contributed by atoms with van der Waals surface area (Å²) in [6.45, 7) is 0. The van der Waals surface area contributed by atoms with Gasteiger partial charge in [-0.2, -0.15) is 5.26 Å². The molecule has 9 aromatic rings. The van der Waals surface area contributed by atoms with Crippen LogP contribution >= 0.6 is 0 Å². The van der Waals surface area contributed by atoms with Crippen molar-refractivity contribution < 1.29 is 0 Å². The second kappa shape index (κ2) is 10.4. The molecular weight excluding hydrogens is 555 g/mol. The largest absolute Gasteiger partial charge is 0.192 e. The molecule has 0 radical (unpaired) electrons. The molecule has 1 nitrogen and oxygen atoms in total. The third-order valence-corrected chi connectivity index (χ3v) is 9.51. The average molecular weight is 582 g/mol. The number of nitriles is 1. The van der Waals surface area contributed by atoms with E-state index in [1.165, 1.54) is 76.1 Å². The van der Waals surface area contributed by atoms with E-state index in [2.05, 4.69) is 146 Å². The second-order valence-corrected chi connectivity index (χ2v) is 12.0. The molecule has 0 heterocycles. The minimum absolute atomic E-state index is 0.674. The van der Waals surface area contributed by atoms with Gasteiger partial charge in [-0.3, -0.25) is 0 Å². The van der Waals surface area contributed by atoms with Crippen molar-refractivity contribution in [2.45, 2.75) is 0 Å². The molecule has 1 heteroatoms. The average Bonchev–Trinajstić information content (AvgIpc) is 3.14. The molecule has 0 saturated heterocycles. The molecule has 0 saturated carbocycles. The maximum Gasteiger partial charge on any atom is 0.0991 e. The van der Waals surface area contributed by atoms with Crippen molar-refractivity contribution >= 4 is 53.9 Å². The van der Waals surface area contributed by atoms with E-state index < -0.39 is 0 Å². The van der Waals surface area contributed by atoms with E-state index in [0.717, 1.165) is 11.1 Å². The van der Waals surface area contributed by atoms with Crippen molar-refractivity contribution in [3.05, 3.63) is 169 Å². The molecule has 0 bridgehead atoms. The Morgan fingerprint density at radius 2 is 0.696 bits per heavy atom. The summed E-state index contributed by atoms with van der Waals surface area (Å²) >= 11 is 0. The Kier molecular flexibility index (Phi) is 5.95. The lowest BCUT2D eigenvalue weighted by Gasteiger charge is -2.18. The highest BCUT2D eigenvalue weighted by molar-refractivity contribution is 6.33. The van der Waals surface area contributed by atoms with Crippen molar-refractivity contribution in [3.8, 4) is 39.4 Å². The Hall–Kier alpha value is -6.23. The fourth-order valence-electron chi connectivity index (χ4n) is 7.35. The molecule has 212 valence electrons. The fourth-order valence-corrected chi connectivity index (χ4v) is 7.35. The van der Waals surface area contributed by atoms with Gasteiger partial charge in [0.1, 0.15) is 0 Å². The van der Waals surface area contributed by atoms with E-state index in [0.29, 0.717) is 5.56 Å². The molecule has 0 atom stereocenters. The maximum atomic E-state index is 9.17. The molecule has 0 spiro atoms. The molecule has 0 N–H and O–H groups in total. The van der Waals surface area contributed by atoms with Gasteiger partial charge in [0.15, 0.2) is 0 Å². The zero-order valence-corrected chi connectivity index (χ0v) is 25.0. The van der Waals surface area contributed by atoms with Gasteiger partial charge in [0, 0.05) is 0 Å². The van der Waals surface area contributed by atoms with E-state index in [9.17, 15) is 0 Å². The van der Waals surface area contributed by atoms with Gasteiger partial charge in [-0.05, 0) is 105 Å². The van der Waals surface area contributed by atoms with E-state index >= 15 is 0 Å². The second-order valence-electron chi connectivity index (χ2n) is 12.0. The first-order valence-electron chi connectivity index (χ1n) is 15.7. The first-order chi connectivity index (χ1) is 22.8. The van der Waals surface area contributed by atoms with Crippen LogP contribution in [0.5, 0.6) is 0 Å². The number of hydrogen-bond acceptors (Lipinski definition) is 1. The third kappa shape index (κ3) is 4.02. The van der Waals surface area contributed by atoms with Crippen molar-refractivity contribution in [1.82, 2.24) is 0 Å². The highest BCUT2D eigenvalue weighted by atomic mass is 14.2. The molecule has 9 aromatic carbocycles. The summed E-state index contributed by atoms with van der Waals surface area (Å²) in [4.78, 5) is 0. The fraction of sp³-hybridized carbons (Fsp3) is 0. The first kappa shape index (κ1) is 26.2. The highest BCUT2D eigenvalue weighted by Crippen LogP contribution is 2.45. The number of benzene rings is 9. The Morgan fingerprint density at radius 3 is 1.28 bits per heavy atom. The van der Waals surface area contributed by atoms with Crippen molar-refractivity contribution in [2.24, 2.45) is 0 Å². The Balaban J connectivity index is 1.27. The van der Waals surface area contributed by atoms with Crippen LogP contribution in [0.25, 0.3) is 87.2 Å². The first-order valence-corrected chi connectivity index (χ1v) is 15.7. The van der Waals surface area contributed by atoms with Gasteiger partial charge in [-0.25, -0.2) is 0 Å². The van der Waals surface area contributed by atoms with Gasteiger partial charge in [0.05, 0.1) is 11.6 Å². The van der Waals surface area contributed by atoms with E-state index in [-0.39, 0.29) is 0 Å². The normalized spacial score (nSPS) is 11.5. The monoisotopic (exact) mass is 581 g/mol. The molecule has 0 amide bonds. The van der Waals surface area contributed by atoms with Crippen LogP contribution in [-0.4, -0.2) is 0 Å². The SMILES string of the molecule is N#Cc1ccc(-c2ccc(-c3ccc(-c4cc5c6ccccc6c6ccccc6c5c5ccccc45)c4ccccc34)cc2)cc1. The topological polar surface area (TPSA) is 23.8 Å². The molecule has 0 aliphatic rings. The third-order valence-electron chi connectivity index (χ3n) is 9.51. The van der Waals surface area contributed by atoms with Gasteiger partial charge in [0.2, 0.25) is 0 Å². The molecule has 0 aromatic heterocycles. The molecule has 0 unspecified atom stereocenters. The van der Waals surface area contributed by atoms with Crippen LogP contribution in [0.3, 0.4) is 0 Å². The van der Waals surface area contributed by atoms with Gasteiger partial charge in [-0.1, -0.05) is 146 Å². The summed E-state index contributed by atoms with van der Waals surface area (Å²) in [6, 6.07) is 61.1. The van der Waals surface area contributed by atoms with Crippen molar-refractivity contribution in [3.63, 3.8) is 0 Å². The molecular formula is C45H27N. The van der Waals surface area contributed by atoms with Crippen LogP contribution in [0, 0.1) is 11.3 Å². The van der Waals surface area contributed by atoms with Crippen LogP contribution < -0.4 is 0 Å². The molecule has 0 aliphatic carbocycles. The maximum absolute atomic E-state index is 9.17. The lowest BCUT2D eigenvalue weighted by Crippen LogP contribution is -1.90. The van der Waals surface area contributed by atoms with Gasteiger partial charge in [-0.15, -0.1) is 0 Å². The number of rotatable bonds is 3. The van der Waals surface area contributed by atoms with Crippen molar-refractivity contribution in [2.75, 3.05) is 0 Å². The molecule has 46 heavy (non-hydrogen) atoms. The molecule has 0 aliphatic heterocycles. The lowest BCUT2D eigenvalue weighted by atomic mass is 9.85. The van der Waals surface area contributed by atoms with Crippen molar-refractivity contribution in [1.29, 1.82) is 5.26 Å². The van der Waals surface area contributed by atoms with E-state index in [4.69, 9.17) is 5.26 Å². The Labute approximate surface area is 267 Å². The van der Waals surface area contributed by atoms with Crippen LogP contribution in [0.1, 0.15) is 5.56 Å². The predicted octanol–water partition coefficient (Wildman–Crippen LogP) is 12.3.